The number of aliphatic hydroxyl groups is 1. The second kappa shape index (κ2) is 37.3. The van der Waals surface area contributed by atoms with E-state index in [0.29, 0.717) is 5.69 Å². The fraction of sp³-hybridized carbons (Fsp3) is 0.167. The summed E-state index contributed by atoms with van der Waals surface area (Å²) in [4.78, 5) is 30.3. The standard InChI is InChI=1S/C7H7IO.C7H7NO3.C7H9NO.C6H4FNO2.CH2O3.CH4O.CH4.2Cs.H/c1-9-7-5-3-2-4-6(7)8;1-11-7-5-3-2-4-6(7)8(9)10;1-9-7-5-3-2-4-6(7)8;7-5-3-1-2-4-6(5)8(9)10;2-1-4-3;1-2;;;;/h2-5H,1H3;2-5H,1H3;2-5H,8H2,1H3;1-4H;1,3H;2H,1H3;1H4;;;/q;;;;;;;2*+1;-1/p-1. The van der Waals surface area contributed by atoms with E-state index in [1.165, 1.54) is 25.3 Å². The van der Waals surface area contributed by atoms with Crippen LogP contribution in [0.2, 0.25) is 0 Å². The number of para-hydroxylation sites is 6. The molecule has 4 aromatic carbocycles. The van der Waals surface area contributed by atoms with Gasteiger partial charge in [-0.25, -0.2) is 0 Å². The summed E-state index contributed by atoms with van der Waals surface area (Å²) in [5.41, 5.74) is 5.70. The minimum absolute atomic E-state index is 0. The maximum atomic E-state index is 12.4. The van der Waals surface area contributed by atoms with Gasteiger partial charge in [0, 0.05) is 19.2 Å². The van der Waals surface area contributed by atoms with Crippen molar-refractivity contribution in [1.29, 1.82) is 0 Å². The number of nitro benzene ring substituents is 2. The van der Waals surface area contributed by atoms with Gasteiger partial charge < -0.3 is 36.6 Å². The molecule has 0 unspecified atom stereocenters. The molecule has 0 heterocycles. The minimum atomic E-state index is -0.799. The van der Waals surface area contributed by atoms with E-state index in [2.05, 4.69) is 27.5 Å². The van der Waals surface area contributed by atoms with Crippen LogP contribution in [0.1, 0.15) is 8.85 Å². The zero-order valence-electron chi connectivity index (χ0n) is 27.6. The number of nitrogen functional groups attached to an aromatic ring is 1. The third kappa shape index (κ3) is 25.9. The number of nitrogens with zero attached hydrogens (tertiary/aromatic N) is 2. The van der Waals surface area contributed by atoms with Crippen molar-refractivity contribution in [2.75, 3.05) is 34.2 Å². The molecule has 0 spiro atoms. The number of hydrogen-bond acceptors (Lipinski definition) is 12. The van der Waals surface area contributed by atoms with Crippen LogP contribution < -0.4 is 163 Å². The Kier molecular flexibility index (Phi) is 43.8. The number of carbonyl (C=O) groups excluding carboxylic acids is 1. The second-order valence-electron chi connectivity index (χ2n) is 7.21. The van der Waals surface area contributed by atoms with Crippen LogP contribution in [0.25, 0.3) is 0 Å². The van der Waals surface area contributed by atoms with Crippen molar-refractivity contribution in [3.8, 4) is 17.2 Å². The average Bonchev–Trinajstić information content (AvgIpc) is 3.07. The fourth-order valence-electron chi connectivity index (χ4n) is 2.66. The van der Waals surface area contributed by atoms with Gasteiger partial charge in [0.05, 0.1) is 40.4 Å². The fourth-order valence-corrected chi connectivity index (χ4v) is 3.26. The molecule has 0 bridgehead atoms. The number of nitrogens with two attached hydrogens (primary N) is 1. The Morgan fingerprint density at radius 3 is 1.38 bits per heavy atom. The number of ether oxygens (including phenoxy) is 3. The van der Waals surface area contributed by atoms with Crippen LogP contribution in [0, 0.1) is 29.6 Å². The first kappa shape index (κ1) is 56.4. The van der Waals surface area contributed by atoms with Gasteiger partial charge in [-0.15, -0.1) is 0 Å². The summed E-state index contributed by atoms with van der Waals surface area (Å²) >= 11 is 2.24. The first-order valence-electron chi connectivity index (χ1n) is 12.1. The Bertz CT molecular complexity index is 1390. The Morgan fingerprint density at radius 1 is 0.729 bits per heavy atom. The molecule has 0 saturated carbocycles. The molecule has 0 aliphatic carbocycles. The van der Waals surface area contributed by atoms with E-state index >= 15 is 0 Å². The molecule has 0 amide bonds. The predicted octanol–water partition coefficient (Wildman–Crippen LogP) is -0.286. The monoisotopic (exact) mass is 1030 g/mol. The van der Waals surface area contributed by atoms with Crippen molar-refractivity contribution < 1.29 is 188 Å². The number of hydrogen-bond donors (Lipinski definition) is 2. The summed E-state index contributed by atoms with van der Waals surface area (Å²) in [6.45, 7) is -0.181. The largest absolute Gasteiger partial charge is 1.00 e. The molecule has 3 N–H and O–H groups in total. The molecule has 48 heavy (non-hydrogen) atoms. The van der Waals surface area contributed by atoms with Gasteiger partial charge in [-0.05, 0) is 59.0 Å². The van der Waals surface area contributed by atoms with Gasteiger partial charge in [0.25, 0.3) is 6.47 Å². The number of halogens is 2. The van der Waals surface area contributed by atoms with Crippen LogP contribution in [-0.4, -0.2) is 49.9 Å². The second-order valence-corrected chi connectivity index (χ2v) is 8.37. The number of anilines is 1. The zero-order valence-corrected chi connectivity index (χ0v) is 41.3. The van der Waals surface area contributed by atoms with Gasteiger partial charge >= 0.3 is 149 Å². The normalized spacial score (nSPS) is 8.00. The maximum absolute atomic E-state index is 12.4. The molecule has 254 valence electrons. The van der Waals surface area contributed by atoms with E-state index in [1.54, 1.807) is 38.5 Å². The van der Waals surface area contributed by atoms with Gasteiger partial charge in [0.1, 0.15) is 11.5 Å². The molecular formula is C30H37Cs2FIN3O11. The van der Waals surface area contributed by atoms with Gasteiger partial charge in [0.2, 0.25) is 5.82 Å². The van der Waals surface area contributed by atoms with Gasteiger partial charge in [-0.1, -0.05) is 56.0 Å². The van der Waals surface area contributed by atoms with Crippen molar-refractivity contribution in [1.82, 2.24) is 0 Å². The van der Waals surface area contributed by atoms with Crippen LogP contribution in [-0.2, 0) is 9.68 Å². The molecule has 0 saturated heterocycles. The van der Waals surface area contributed by atoms with Crippen molar-refractivity contribution in [2.45, 2.75) is 7.43 Å². The number of methoxy groups -OCH3 is 3. The molecule has 0 aliphatic heterocycles. The quantitative estimate of drug-likeness (QED) is 0.0639. The van der Waals surface area contributed by atoms with Gasteiger partial charge in [-0.2, -0.15) is 4.39 Å². The van der Waals surface area contributed by atoms with Crippen molar-refractivity contribution in [2.24, 2.45) is 0 Å². The first-order chi connectivity index (χ1) is 21.6. The van der Waals surface area contributed by atoms with Gasteiger partial charge in [0.15, 0.2) is 5.75 Å². The summed E-state index contributed by atoms with van der Waals surface area (Å²) in [6.07, 6.45) is 0. The number of nitro groups is 2. The Hall–Kier alpha value is -0.966. The molecule has 0 aliphatic rings. The topological polar surface area (TPSA) is 210 Å². The van der Waals surface area contributed by atoms with Crippen LogP contribution in [0.15, 0.2) is 97.1 Å². The minimum Gasteiger partial charge on any atom is -1.00 e. The van der Waals surface area contributed by atoms with Crippen LogP contribution >= 0.6 is 22.6 Å². The molecule has 0 fully saturated rings. The first-order valence-corrected chi connectivity index (χ1v) is 13.2. The molecule has 0 atom stereocenters. The number of benzene rings is 4. The van der Waals surface area contributed by atoms with Crippen LogP contribution in [0.5, 0.6) is 17.2 Å². The molecule has 4 aromatic rings. The summed E-state index contributed by atoms with van der Waals surface area (Å²) in [5.74, 6) is 1.17. The number of aliphatic hydroxyl groups excluding tert-OH is 1. The SMILES string of the molecule is C.CO.COc1ccccc1I.COc1ccccc1N.COc1ccccc1[N+](=O)[O-].O=CO[O-].O=[N+]([O-])c1ccccc1F.[Cs+].[Cs+].[H-]. The van der Waals surface area contributed by atoms with Crippen molar-refractivity contribution in [3.63, 3.8) is 0 Å². The van der Waals surface area contributed by atoms with E-state index in [0.717, 1.165) is 34.3 Å². The summed E-state index contributed by atoms with van der Waals surface area (Å²) < 4.78 is 28.3. The third-order valence-corrected chi connectivity index (χ3v) is 5.46. The van der Waals surface area contributed by atoms with Crippen LogP contribution in [0.4, 0.5) is 21.5 Å². The Morgan fingerprint density at radius 2 is 1.08 bits per heavy atom. The zero-order chi connectivity index (χ0) is 34.6. The number of rotatable bonds is 6. The molecule has 0 aromatic heterocycles. The molecule has 4 rings (SSSR count). The Labute approximate surface area is 411 Å². The van der Waals surface area contributed by atoms with E-state index < -0.39 is 21.4 Å². The maximum Gasteiger partial charge on any atom is 1.00 e. The van der Waals surface area contributed by atoms with E-state index in [9.17, 15) is 24.6 Å². The molecular weight excluding hydrogens is 990 g/mol. The predicted molar refractivity (Wildman–Crippen MR) is 179 cm³/mol. The summed E-state index contributed by atoms with van der Waals surface area (Å²) in [5, 5.41) is 35.7. The molecule has 14 nitrogen and oxygen atoms in total. The summed E-state index contributed by atoms with van der Waals surface area (Å²) in [6, 6.07) is 26.5. The van der Waals surface area contributed by atoms with E-state index in [4.69, 9.17) is 35.1 Å². The number of carbonyl (C=O) groups is 1. The van der Waals surface area contributed by atoms with Crippen molar-refractivity contribution in [3.05, 3.63) is 127 Å². The van der Waals surface area contributed by atoms with Crippen LogP contribution in [0.3, 0.4) is 0 Å². The Balaban J connectivity index is -0.000000117. The third-order valence-electron chi connectivity index (χ3n) is 4.57. The van der Waals surface area contributed by atoms with Crippen molar-refractivity contribution >= 4 is 46.1 Å². The average molecular weight is 1030 g/mol. The summed E-state index contributed by atoms with van der Waals surface area (Å²) in [7, 11) is 5.69. The molecule has 0 radical (unpaired) electrons. The molecule has 18 heteroatoms. The smallest absolute Gasteiger partial charge is 1.00 e. The van der Waals surface area contributed by atoms with Gasteiger partial charge in [-0.3, -0.25) is 25.0 Å². The van der Waals surface area contributed by atoms with E-state index in [1.807, 2.05) is 42.5 Å². The van der Waals surface area contributed by atoms with E-state index in [-0.39, 0.29) is 165 Å².